The zero-order valence-electron chi connectivity index (χ0n) is 15.3. The highest BCUT2D eigenvalue weighted by molar-refractivity contribution is 5.78. The van der Waals surface area contributed by atoms with E-state index in [-0.39, 0.29) is 11.8 Å². The van der Waals surface area contributed by atoms with Gasteiger partial charge in [-0.1, -0.05) is 24.3 Å². The molecule has 2 aromatic carbocycles. The number of nitrogens with zero attached hydrogens (tertiary/aromatic N) is 1. The highest BCUT2D eigenvalue weighted by Gasteiger charge is 2.24. The van der Waals surface area contributed by atoms with E-state index in [4.69, 9.17) is 10.5 Å². The lowest BCUT2D eigenvalue weighted by Gasteiger charge is -2.31. The number of anilines is 1. The standard InChI is InChI=1S/C21H27N3O2/c1-26-20-7-5-16(6-8-20)14-23-21(25)18-9-11-24(12-10-18)15-17-3-2-4-19(22)13-17/h2-8,13,18H,9-12,14-15,22H2,1H3,(H,23,25). The summed E-state index contributed by atoms with van der Waals surface area (Å²) in [5, 5.41) is 3.06. The fraction of sp³-hybridized carbons (Fsp3) is 0.381. The van der Waals surface area contributed by atoms with Gasteiger partial charge >= 0.3 is 0 Å². The van der Waals surface area contributed by atoms with E-state index < -0.39 is 0 Å². The Bertz CT molecular complexity index is 722. The number of rotatable bonds is 6. The number of nitrogens with two attached hydrogens (primary N) is 1. The highest BCUT2D eigenvalue weighted by atomic mass is 16.5. The van der Waals surface area contributed by atoms with Gasteiger partial charge in [-0.15, -0.1) is 0 Å². The molecular weight excluding hydrogens is 326 g/mol. The van der Waals surface area contributed by atoms with Crippen LogP contribution in [-0.2, 0) is 17.9 Å². The van der Waals surface area contributed by atoms with E-state index in [2.05, 4.69) is 16.3 Å². The van der Waals surface area contributed by atoms with Gasteiger partial charge in [0, 0.05) is 24.7 Å². The fourth-order valence-electron chi connectivity index (χ4n) is 3.38. The van der Waals surface area contributed by atoms with Crippen LogP contribution in [0.15, 0.2) is 48.5 Å². The maximum Gasteiger partial charge on any atom is 0.223 e. The van der Waals surface area contributed by atoms with Gasteiger partial charge in [-0.2, -0.15) is 0 Å². The Labute approximate surface area is 155 Å². The summed E-state index contributed by atoms with van der Waals surface area (Å²) in [4.78, 5) is 14.8. The van der Waals surface area contributed by atoms with E-state index in [1.807, 2.05) is 42.5 Å². The van der Waals surface area contributed by atoms with Crippen LogP contribution in [0.5, 0.6) is 5.75 Å². The Morgan fingerprint density at radius 3 is 2.54 bits per heavy atom. The zero-order valence-corrected chi connectivity index (χ0v) is 15.3. The minimum atomic E-state index is 0.102. The molecule has 0 unspecified atom stereocenters. The number of carbonyl (C=O) groups is 1. The van der Waals surface area contributed by atoms with E-state index in [1.165, 1.54) is 5.56 Å². The molecule has 1 heterocycles. The number of nitrogen functional groups attached to an aromatic ring is 1. The average molecular weight is 353 g/mol. The number of piperidine rings is 1. The SMILES string of the molecule is COc1ccc(CNC(=O)C2CCN(Cc3cccc(N)c3)CC2)cc1. The first-order valence-electron chi connectivity index (χ1n) is 9.11. The summed E-state index contributed by atoms with van der Waals surface area (Å²) in [6, 6.07) is 15.8. The van der Waals surface area contributed by atoms with Gasteiger partial charge in [-0.05, 0) is 61.3 Å². The lowest BCUT2D eigenvalue weighted by atomic mass is 9.95. The Balaban J connectivity index is 1.42. The molecule has 5 nitrogen and oxygen atoms in total. The van der Waals surface area contributed by atoms with Crippen LogP contribution in [0.25, 0.3) is 0 Å². The Morgan fingerprint density at radius 2 is 1.88 bits per heavy atom. The van der Waals surface area contributed by atoms with Crippen LogP contribution in [-0.4, -0.2) is 31.0 Å². The molecule has 1 saturated heterocycles. The molecule has 0 aliphatic carbocycles. The van der Waals surface area contributed by atoms with E-state index in [0.717, 1.165) is 49.5 Å². The van der Waals surface area contributed by atoms with Crippen molar-refractivity contribution in [1.29, 1.82) is 0 Å². The van der Waals surface area contributed by atoms with Crippen molar-refractivity contribution in [3.8, 4) is 5.75 Å². The lowest BCUT2D eigenvalue weighted by Crippen LogP contribution is -2.40. The van der Waals surface area contributed by atoms with Crippen molar-refractivity contribution in [2.75, 3.05) is 25.9 Å². The summed E-state index contributed by atoms with van der Waals surface area (Å²) >= 11 is 0. The Hall–Kier alpha value is -2.53. The average Bonchev–Trinajstić information content (AvgIpc) is 2.67. The second-order valence-electron chi connectivity index (χ2n) is 6.86. The number of nitrogens with one attached hydrogen (secondary N) is 1. The largest absolute Gasteiger partial charge is 0.497 e. The molecule has 3 N–H and O–H groups in total. The van der Waals surface area contributed by atoms with Crippen molar-refractivity contribution in [3.63, 3.8) is 0 Å². The number of ether oxygens (including phenoxy) is 1. The predicted octanol–water partition coefficient (Wildman–Crippen LogP) is 2.81. The van der Waals surface area contributed by atoms with Crippen molar-refractivity contribution in [1.82, 2.24) is 10.2 Å². The molecule has 26 heavy (non-hydrogen) atoms. The minimum Gasteiger partial charge on any atom is -0.497 e. The summed E-state index contributed by atoms with van der Waals surface area (Å²) in [5.74, 6) is 1.09. The molecule has 0 atom stereocenters. The van der Waals surface area contributed by atoms with Crippen LogP contribution in [0.3, 0.4) is 0 Å². The first-order valence-corrected chi connectivity index (χ1v) is 9.11. The maximum atomic E-state index is 12.4. The molecule has 1 amide bonds. The van der Waals surface area contributed by atoms with Crippen molar-refractivity contribution < 1.29 is 9.53 Å². The predicted molar refractivity (Wildman–Crippen MR) is 104 cm³/mol. The van der Waals surface area contributed by atoms with Crippen molar-refractivity contribution in [3.05, 3.63) is 59.7 Å². The molecule has 3 rings (SSSR count). The highest BCUT2D eigenvalue weighted by Crippen LogP contribution is 2.20. The van der Waals surface area contributed by atoms with Gasteiger partial charge in [0.2, 0.25) is 5.91 Å². The van der Waals surface area contributed by atoms with E-state index >= 15 is 0 Å². The number of amides is 1. The molecule has 1 aliphatic rings. The van der Waals surface area contributed by atoms with Crippen LogP contribution in [0, 0.1) is 5.92 Å². The molecule has 0 saturated carbocycles. The molecule has 0 spiro atoms. The lowest BCUT2D eigenvalue weighted by molar-refractivity contribution is -0.126. The Morgan fingerprint density at radius 1 is 1.15 bits per heavy atom. The fourth-order valence-corrected chi connectivity index (χ4v) is 3.38. The quantitative estimate of drug-likeness (QED) is 0.784. The molecule has 0 radical (unpaired) electrons. The topological polar surface area (TPSA) is 67.6 Å². The van der Waals surface area contributed by atoms with Crippen LogP contribution < -0.4 is 15.8 Å². The summed E-state index contributed by atoms with van der Waals surface area (Å²) in [7, 11) is 1.65. The van der Waals surface area contributed by atoms with Gasteiger partial charge in [0.25, 0.3) is 0 Å². The first kappa shape index (κ1) is 18.3. The number of benzene rings is 2. The third-order valence-corrected chi connectivity index (χ3v) is 4.94. The maximum absolute atomic E-state index is 12.4. The second-order valence-corrected chi connectivity index (χ2v) is 6.86. The van der Waals surface area contributed by atoms with Gasteiger partial charge < -0.3 is 15.8 Å². The third kappa shape index (κ3) is 4.99. The van der Waals surface area contributed by atoms with E-state index in [9.17, 15) is 4.79 Å². The first-order chi connectivity index (χ1) is 12.6. The number of methoxy groups -OCH3 is 1. The van der Waals surface area contributed by atoms with Gasteiger partial charge in [-0.25, -0.2) is 0 Å². The van der Waals surface area contributed by atoms with Gasteiger partial charge in [-0.3, -0.25) is 9.69 Å². The summed E-state index contributed by atoms with van der Waals surface area (Å²) in [5.41, 5.74) is 8.96. The number of likely N-dealkylation sites (tertiary alicyclic amines) is 1. The molecule has 0 aromatic heterocycles. The molecular formula is C21H27N3O2. The Kier molecular flexibility index (Phi) is 6.12. The van der Waals surface area contributed by atoms with Crippen molar-refractivity contribution >= 4 is 11.6 Å². The molecule has 5 heteroatoms. The van der Waals surface area contributed by atoms with Crippen molar-refractivity contribution in [2.24, 2.45) is 5.92 Å². The summed E-state index contributed by atoms with van der Waals surface area (Å²) in [6.07, 6.45) is 1.80. The normalized spacial score (nSPS) is 15.6. The van der Waals surface area contributed by atoms with Crippen LogP contribution in [0.1, 0.15) is 24.0 Å². The molecule has 1 fully saturated rings. The smallest absolute Gasteiger partial charge is 0.223 e. The summed E-state index contributed by atoms with van der Waals surface area (Å²) in [6.45, 7) is 3.34. The van der Waals surface area contributed by atoms with Gasteiger partial charge in [0.05, 0.1) is 7.11 Å². The van der Waals surface area contributed by atoms with Crippen LogP contribution in [0.2, 0.25) is 0 Å². The van der Waals surface area contributed by atoms with E-state index in [0.29, 0.717) is 6.54 Å². The molecule has 1 aliphatic heterocycles. The van der Waals surface area contributed by atoms with E-state index in [1.54, 1.807) is 7.11 Å². The van der Waals surface area contributed by atoms with Crippen molar-refractivity contribution in [2.45, 2.75) is 25.9 Å². The van der Waals surface area contributed by atoms with Crippen LogP contribution >= 0.6 is 0 Å². The monoisotopic (exact) mass is 353 g/mol. The summed E-state index contributed by atoms with van der Waals surface area (Å²) < 4.78 is 5.15. The van der Waals surface area contributed by atoms with Gasteiger partial charge in [0.15, 0.2) is 0 Å². The molecule has 2 aromatic rings. The number of carbonyl (C=O) groups excluding carboxylic acids is 1. The molecule has 0 bridgehead atoms. The third-order valence-electron chi connectivity index (χ3n) is 4.94. The number of hydrogen-bond acceptors (Lipinski definition) is 4. The second kappa shape index (κ2) is 8.72. The van der Waals surface area contributed by atoms with Crippen LogP contribution in [0.4, 0.5) is 5.69 Å². The number of hydrogen-bond donors (Lipinski definition) is 2. The molecule has 138 valence electrons. The van der Waals surface area contributed by atoms with Gasteiger partial charge in [0.1, 0.15) is 5.75 Å². The minimum absolute atomic E-state index is 0.102. The zero-order chi connectivity index (χ0) is 18.4.